The first kappa shape index (κ1) is 22.3. The van der Waals surface area contributed by atoms with Gasteiger partial charge in [-0.1, -0.05) is 30.3 Å². The van der Waals surface area contributed by atoms with Gasteiger partial charge in [-0.2, -0.15) is 0 Å². The van der Waals surface area contributed by atoms with Gasteiger partial charge in [0, 0.05) is 4.75 Å². The maximum atomic E-state index is 13.2. The zero-order chi connectivity index (χ0) is 19.7. The van der Waals surface area contributed by atoms with Crippen LogP contribution in [0.2, 0.25) is 0 Å². The van der Waals surface area contributed by atoms with Crippen LogP contribution in [-0.2, 0) is 14.4 Å². The first-order valence-corrected chi connectivity index (χ1v) is 9.83. The molecule has 4 atom stereocenters. The van der Waals surface area contributed by atoms with Gasteiger partial charge in [0.15, 0.2) is 0 Å². The second kappa shape index (κ2) is 7.37. The second-order valence-electron chi connectivity index (χ2n) is 8.30. The van der Waals surface area contributed by atoms with E-state index in [9.17, 15) is 19.5 Å². The van der Waals surface area contributed by atoms with Crippen LogP contribution in [0.25, 0.3) is 0 Å². The summed E-state index contributed by atoms with van der Waals surface area (Å²) in [6.07, 6.45) is 0. The number of carbonyl (C=O) groups is 3. The van der Waals surface area contributed by atoms with Crippen molar-refractivity contribution in [2.24, 2.45) is 0 Å². The third kappa shape index (κ3) is 3.19. The number of amides is 2. The van der Waals surface area contributed by atoms with E-state index in [0.717, 1.165) is 5.56 Å². The normalized spacial score (nSPS) is 32.6. The number of benzene rings is 1. The molecular formula is C19H23KN3O4S+. The van der Waals surface area contributed by atoms with E-state index in [1.54, 1.807) is 4.90 Å². The molecule has 9 heteroatoms. The first-order valence-electron chi connectivity index (χ1n) is 8.95. The van der Waals surface area contributed by atoms with Crippen LogP contribution < -0.4 is 56.7 Å². The van der Waals surface area contributed by atoms with Crippen LogP contribution in [0.15, 0.2) is 30.3 Å². The summed E-state index contributed by atoms with van der Waals surface area (Å²) in [4.78, 5) is 40.9. The Bertz CT molecular complexity index is 832. The predicted molar refractivity (Wildman–Crippen MR) is 101 cm³/mol. The molecule has 28 heavy (non-hydrogen) atoms. The molecule has 0 aliphatic carbocycles. The fourth-order valence-electron chi connectivity index (χ4n) is 4.49. The van der Waals surface area contributed by atoms with Gasteiger partial charge >= 0.3 is 57.4 Å². The largest absolute Gasteiger partial charge is 1.00 e. The zero-order valence-electron chi connectivity index (χ0n) is 16.7. The summed E-state index contributed by atoms with van der Waals surface area (Å²) in [5, 5.41) is 12.6. The number of β-lactam (4-membered cyclic amide) rings is 1. The number of carbonyl (C=O) groups excluding carboxylic acids is 2. The van der Waals surface area contributed by atoms with Crippen molar-refractivity contribution in [3.63, 3.8) is 0 Å². The molecular weight excluding hydrogens is 405 g/mol. The molecule has 3 fully saturated rings. The molecule has 3 heterocycles. The van der Waals surface area contributed by atoms with Gasteiger partial charge in [0.1, 0.15) is 23.5 Å². The molecule has 0 radical (unpaired) electrons. The Labute approximate surface area is 211 Å². The minimum Gasteiger partial charge on any atom is -0.480 e. The SMILES string of the molecule is CC1(C)SC2C(N3C(=O)C(c4ccccc4)NC3(C)C)C(=O)N2C1C(=O)O.[K+]. The second-order valence-corrected chi connectivity index (χ2v) is 10.1. The van der Waals surface area contributed by atoms with Crippen molar-refractivity contribution in [3.05, 3.63) is 35.9 Å². The van der Waals surface area contributed by atoms with Crippen molar-refractivity contribution < 1.29 is 70.9 Å². The molecule has 3 saturated heterocycles. The van der Waals surface area contributed by atoms with Crippen LogP contribution in [0.4, 0.5) is 0 Å². The van der Waals surface area contributed by atoms with E-state index in [4.69, 9.17) is 0 Å². The van der Waals surface area contributed by atoms with E-state index in [1.807, 2.05) is 58.0 Å². The summed E-state index contributed by atoms with van der Waals surface area (Å²) in [5.74, 6) is -1.45. The Morgan fingerprint density at radius 1 is 1.11 bits per heavy atom. The van der Waals surface area contributed by atoms with Gasteiger partial charge < -0.3 is 14.9 Å². The van der Waals surface area contributed by atoms with E-state index in [0.29, 0.717) is 0 Å². The molecule has 0 spiro atoms. The molecule has 3 aliphatic heterocycles. The summed E-state index contributed by atoms with van der Waals surface area (Å²) < 4.78 is -0.611. The number of hydrogen-bond acceptors (Lipinski definition) is 5. The maximum absolute atomic E-state index is 13.2. The third-order valence-corrected chi connectivity index (χ3v) is 7.20. The van der Waals surface area contributed by atoms with Crippen LogP contribution in [0.1, 0.15) is 39.3 Å². The van der Waals surface area contributed by atoms with Gasteiger partial charge in [0.2, 0.25) is 11.8 Å². The molecule has 0 saturated carbocycles. The Kier molecular flexibility index (Phi) is 5.86. The summed E-state index contributed by atoms with van der Waals surface area (Å²) in [7, 11) is 0. The van der Waals surface area contributed by atoms with Crippen LogP contribution in [-0.4, -0.2) is 60.6 Å². The maximum Gasteiger partial charge on any atom is 1.00 e. The molecule has 2 amide bonds. The Hall–Kier alpha value is -0.424. The fourth-order valence-corrected chi connectivity index (χ4v) is 6.16. The predicted octanol–water partition coefficient (Wildman–Crippen LogP) is -1.58. The first-order chi connectivity index (χ1) is 12.6. The summed E-state index contributed by atoms with van der Waals surface area (Å²) in [6.45, 7) is 7.43. The van der Waals surface area contributed by atoms with Gasteiger partial charge in [-0.25, -0.2) is 4.79 Å². The van der Waals surface area contributed by atoms with Crippen molar-refractivity contribution in [2.75, 3.05) is 0 Å². The van der Waals surface area contributed by atoms with Crippen molar-refractivity contribution in [2.45, 2.75) is 61.6 Å². The smallest absolute Gasteiger partial charge is 0.480 e. The topological polar surface area (TPSA) is 90.0 Å². The molecule has 1 aromatic carbocycles. The summed E-state index contributed by atoms with van der Waals surface area (Å²) in [5.41, 5.74) is 0.139. The molecule has 1 aromatic rings. The van der Waals surface area contributed by atoms with Crippen LogP contribution in [0.5, 0.6) is 0 Å². The Morgan fingerprint density at radius 3 is 2.29 bits per heavy atom. The quantitative estimate of drug-likeness (QED) is 0.446. The van der Waals surface area contributed by atoms with Gasteiger partial charge in [0.25, 0.3) is 0 Å². The van der Waals surface area contributed by atoms with Crippen molar-refractivity contribution in [3.8, 4) is 0 Å². The van der Waals surface area contributed by atoms with Gasteiger partial charge in [-0.15, -0.1) is 11.8 Å². The van der Waals surface area contributed by atoms with Gasteiger partial charge in [0.05, 0.1) is 5.66 Å². The van der Waals surface area contributed by atoms with Crippen molar-refractivity contribution in [1.29, 1.82) is 0 Å². The third-order valence-electron chi connectivity index (χ3n) is 5.64. The number of nitrogens with one attached hydrogen (secondary N) is 1. The molecule has 0 aromatic heterocycles. The number of nitrogens with zero attached hydrogens (tertiary/aromatic N) is 2. The molecule has 3 aliphatic rings. The molecule has 4 unspecified atom stereocenters. The molecule has 4 rings (SSSR count). The zero-order valence-corrected chi connectivity index (χ0v) is 20.6. The van der Waals surface area contributed by atoms with E-state index in [1.165, 1.54) is 16.7 Å². The van der Waals surface area contributed by atoms with Gasteiger partial charge in [-0.3, -0.25) is 14.9 Å². The van der Waals surface area contributed by atoms with Gasteiger partial charge in [-0.05, 0) is 33.3 Å². The van der Waals surface area contributed by atoms with Crippen LogP contribution >= 0.6 is 11.8 Å². The number of aliphatic carboxylic acids is 1. The molecule has 0 bridgehead atoms. The number of rotatable bonds is 3. The number of thioether (sulfide) groups is 1. The molecule has 144 valence electrons. The van der Waals surface area contributed by atoms with E-state index >= 15 is 0 Å². The van der Waals surface area contributed by atoms with E-state index < -0.39 is 34.5 Å². The Morgan fingerprint density at radius 2 is 1.71 bits per heavy atom. The molecule has 2 N–H and O–H groups in total. The van der Waals surface area contributed by atoms with Crippen molar-refractivity contribution in [1.82, 2.24) is 15.1 Å². The number of carboxylic acids is 1. The van der Waals surface area contributed by atoms with E-state index in [-0.39, 0.29) is 68.6 Å². The standard InChI is InChI=1S/C19H23N3O4S.K/c1-18(2)13(17(25)26)21-15(24)12(16(21)27-18)22-14(23)11(20-19(22,3)4)10-8-6-5-7-9-10;/h5-9,11-13,16,20H,1-4H3,(H,25,26);/q;+1. The van der Waals surface area contributed by atoms with Crippen molar-refractivity contribution >= 4 is 29.5 Å². The number of carboxylic acid groups (broad SMARTS) is 1. The molecule has 7 nitrogen and oxygen atoms in total. The average molecular weight is 429 g/mol. The van der Waals surface area contributed by atoms with Crippen LogP contribution in [0.3, 0.4) is 0 Å². The minimum atomic E-state index is -1.01. The Balaban J connectivity index is 0.00000225. The van der Waals surface area contributed by atoms with Crippen LogP contribution in [0, 0.1) is 0 Å². The fraction of sp³-hybridized carbons (Fsp3) is 0.526. The summed E-state index contributed by atoms with van der Waals surface area (Å²) in [6, 6.07) is 7.37. The number of hydrogen-bond donors (Lipinski definition) is 2. The monoisotopic (exact) mass is 428 g/mol. The average Bonchev–Trinajstić information content (AvgIpc) is 2.98. The minimum absolute atomic E-state index is 0. The number of fused-ring (bicyclic) bond motifs is 1. The van der Waals surface area contributed by atoms with E-state index in [2.05, 4.69) is 5.32 Å². The summed E-state index contributed by atoms with van der Waals surface area (Å²) >= 11 is 1.46.